The Balaban J connectivity index is 1.62. The van der Waals surface area contributed by atoms with Gasteiger partial charge < -0.3 is 5.32 Å². The summed E-state index contributed by atoms with van der Waals surface area (Å²) in [6.45, 7) is 2.14. The smallest absolute Gasteiger partial charge is 0.247 e. The van der Waals surface area contributed by atoms with Gasteiger partial charge in [-0.1, -0.05) is 25.7 Å². The maximum Gasteiger partial charge on any atom is 0.247 e. The molecule has 1 aliphatic heterocycles. The lowest BCUT2D eigenvalue weighted by atomic mass is 10.1. The summed E-state index contributed by atoms with van der Waals surface area (Å²) in [7, 11) is 0. The zero-order valence-electron chi connectivity index (χ0n) is 12.4. The molecule has 3 aliphatic rings. The van der Waals surface area contributed by atoms with E-state index in [9.17, 15) is 9.59 Å². The molecule has 2 amide bonds. The van der Waals surface area contributed by atoms with Crippen LogP contribution in [0.25, 0.3) is 0 Å². The first kappa shape index (κ1) is 14.1. The van der Waals surface area contributed by atoms with E-state index in [1.165, 1.54) is 25.7 Å². The van der Waals surface area contributed by atoms with Gasteiger partial charge in [-0.3, -0.25) is 14.5 Å². The van der Waals surface area contributed by atoms with Crippen LogP contribution in [0, 0.1) is 5.92 Å². The highest BCUT2D eigenvalue weighted by Crippen LogP contribution is 2.33. The van der Waals surface area contributed by atoms with Crippen molar-refractivity contribution in [2.75, 3.05) is 0 Å². The van der Waals surface area contributed by atoms with Crippen LogP contribution in [0.1, 0.15) is 64.7 Å². The van der Waals surface area contributed by atoms with Crippen molar-refractivity contribution >= 4 is 11.8 Å². The molecular formula is C16H26N2O2. The highest BCUT2D eigenvalue weighted by atomic mass is 16.2. The van der Waals surface area contributed by atoms with Crippen molar-refractivity contribution in [1.29, 1.82) is 0 Å². The number of nitrogens with one attached hydrogen (secondary N) is 1. The quantitative estimate of drug-likeness (QED) is 0.633. The van der Waals surface area contributed by atoms with E-state index in [-0.39, 0.29) is 23.9 Å². The first-order chi connectivity index (χ1) is 9.66. The molecule has 20 heavy (non-hydrogen) atoms. The molecule has 1 saturated heterocycles. The number of rotatable bonds is 4. The van der Waals surface area contributed by atoms with Gasteiger partial charge in [0, 0.05) is 12.1 Å². The molecule has 0 aromatic carbocycles. The molecule has 2 atom stereocenters. The van der Waals surface area contributed by atoms with E-state index in [4.69, 9.17) is 0 Å². The average Bonchev–Trinajstić information content (AvgIpc) is 3.23. The summed E-state index contributed by atoms with van der Waals surface area (Å²) >= 11 is 0. The van der Waals surface area contributed by atoms with Crippen LogP contribution in [-0.4, -0.2) is 34.8 Å². The molecule has 0 spiro atoms. The van der Waals surface area contributed by atoms with Gasteiger partial charge in [0.2, 0.25) is 11.8 Å². The number of hydrogen-bond acceptors (Lipinski definition) is 3. The third-order valence-electron chi connectivity index (χ3n) is 5.17. The summed E-state index contributed by atoms with van der Waals surface area (Å²) < 4.78 is 0. The number of carbonyl (C=O) groups excluding carboxylic acids is 2. The Hall–Kier alpha value is -0.900. The van der Waals surface area contributed by atoms with Gasteiger partial charge in [0.25, 0.3) is 0 Å². The highest BCUT2D eigenvalue weighted by Gasteiger charge is 2.43. The molecule has 0 aromatic rings. The lowest BCUT2D eigenvalue weighted by molar-refractivity contribution is -0.141. The van der Waals surface area contributed by atoms with Crippen molar-refractivity contribution in [2.45, 2.75) is 82.8 Å². The van der Waals surface area contributed by atoms with Crippen LogP contribution < -0.4 is 5.32 Å². The van der Waals surface area contributed by atoms with E-state index >= 15 is 0 Å². The molecule has 112 valence electrons. The van der Waals surface area contributed by atoms with Crippen LogP contribution in [0.15, 0.2) is 0 Å². The van der Waals surface area contributed by atoms with Crippen molar-refractivity contribution in [1.82, 2.24) is 10.2 Å². The molecule has 2 aliphatic carbocycles. The Bertz CT molecular complexity index is 384. The minimum Gasteiger partial charge on any atom is -0.303 e. The van der Waals surface area contributed by atoms with E-state index in [0.29, 0.717) is 18.4 Å². The summed E-state index contributed by atoms with van der Waals surface area (Å²) in [4.78, 5) is 26.4. The standard InChI is InChI=1S/C16H26N2O2/c1-11(12-8-9-12)17-14-10-15(19)18(16(14)20)13-6-4-2-3-5-7-13/h11-14,17H,2-10H2,1H3. The average molecular weight is 278 g/mol. The molecule has 0 bridgehead atoms. The second-order valence-corrected chi connectivity index (χ2v) is 6.80. The first-order valence-electron chi connectivity index (χ1n) is 8.29. The molecule has 2 saturated carbocycles. The third-order valence-corrected chi connectivity index (χ3v) is 5.17. The minimum absolute atomic E-state index is 0.0365. The normalized spacial score (nSPS) is 30.6. The molecule has 3 fully saturated rings. The Morgan fingerprint density at radius 1 is 1.05 bits per heavy atom. The number of carbonyl (C=O) groups is 2. The summed E-state index contributed by atoms with van der Waals surface area (Å²) in [5.41, 5.74) is 0. The van der Waals surface area contributed by atoms with Gasteiger partial charge >= 0.3 is 0 Å². The number of likely N-dealkylation sites (tertiary alicyclic amines) is 1. The third kappa shape index (κ3) is 2.90. The van der Waals surface area contributed by atoms with E-state index < -0.39 is 0 Å². The molecule has 1 N–H and O–H groups in total. The second kappa shape index (κ2) is 5.84. The molecule has 2 unspecified atom stereocenters. The lowest BCUT2D eigenvalue weighted by Gasteiger charge is -2.26. The SMILES string of the molecule is CC(NC1CC(=O)N(C2CCCCCC2)C1=O)C1CC1. The van der Waals surface area contributed by atoms with Gasteiger partial charge in [0.05, 0.1) is 12.5 Å². The molecule has 1 heterocycles. The van der Waals surface area contributed by atoms with E-state index in [1.807, 2.05) is 0 Å². The van der Waals surface area contributed by atoms with Crippen LogP contribution in [0.3, 0.4) is 0 Å². The maximum absolute atomic E-state index is 12.5. The minimum atomic E-state index is -0.263. The van der Waals surface area contributed by atoms with Crippen molar-refractivity contribution in [2.24, 2.45) is 5.92 Å². The number of imide groups is 1. The predicted octanol–water partition coefficient (Wildman–Crippen LogP) is 2.22. The molecule has 0 aromatic heterocycles. The molecule has 3 rings (SSSR count). The summed E-state index contributed by atoms with van der Waals surface area (Å²) in [5, 5.41) is 3.39. The zero-order valence-corrected chi connectivity index (χ0v) is 12.4. The molecular weight excluding hydrogens is 252 g/mol. The Morgan fingerprint density at radius 3 is 2.30 bits per heavy atom. The zero-order chi connectivity index (χ0) is 14.1. The summed E-state index contributed by atoms with van der Waals surface area (Å²) in [6.07, 6.45) is 9.68. The fourth-order valence-corrected chi connectivity index (χ4v) is 3.73. The fraction of sp³-hybridized carbons (Fsp3) is 0.875. The number of hydrogen-bond donors (Lipinski definition) is 1. The molecule has 0 radical (unpaired) electrons. The Kier molecular flexibility index (Phi) is 4.11. The van der Waals surface area contributed by atoms with Gasteiger partial charge in [-0.15, -0.1) is 0 Å². The van der Waals surface area contributed by atoms with Gasteiger partial charge in [0.15, 0.2) is 0 Å². The monoisotopic (exact) mass is 278 g/mol. The highest BCUT2D eigenvalue weighted by molar-refractivity contribution is 6.05. The number of amides is 2. The predicted molar refractivity (Wildman–Crippen MR) is 77.1 cm³/mol. The summed E-state index contributed by atoms with van der Waals surface area (Å²) in [5.74, 6) is 0.793. The Labute approximate surface area is 121 Å². The second-order valence-electron chi connectivity index (χ2n) is 6.80. The number of nitrogens with zero attached hydrogens (tertiary/aromatic N) is 1. The molecule has 4 nitrogen and oxygen atoms in total. The van der Waals surface area contributed by atoms with Crippen LogP contribution >= 0.6 is 0 Å². The van der Waals surface area contributed by atoms with Crippen molar-refractivity contribution in [3.63, 3.8) is 0 Å². The Morgan fingerprint density at radius 2 is 1.70 bits per heavy atom. The van der Waals surface area contributed by atoms with Gasteiger partial charge in [-0.2, -0.15) is 0 Å². The largest absolute Gasteiger partial charge is 0.303 e. The van der Waals surface area contributed by atoms with Crippen molar-refractivity contribution in [3.8, 4) is 0 Å². The van der Waals surface area contributed by atoms with E-state index in [1.54, 1.807) is 4.90 Å². The van der Waals surface area contributed by atoms with Gasteiger partial charge in [0.1, 0.15) is 0 Å². The van der Waals surface area contributed by atoms with Crippen molar-refractivity contribution < 1.29 is 9.59 Å². The van der Waals surface area contributed by atoms with Crippen LogP contribution in [0.2, 0.25) is 0 Å². The summed E-state index contributed by atoms with van der Waals surface area (Å²) in [6, 6.07) is 0.271. The van der Waals surface area contributed by atoms with Crippen LogP contribution in [-0.2, 0) is 9.59 Å². The van der Waals surface area contributed by atoms with Gasteiger partial charge in [-0.25, -0.2) is 0 Å². The van der Waals surface area contributed by atoms with Gasteiger partial charge in [-0.05, 0) is 38.5 Å². The fourth-order valence-electron chi connectivity index (χ4n) is 3.73. The van der Waals surface area contributed by atoms with Crippen LogP contribution in [0.4, 0.5) is 0 Å². The molecule has 4 heteroatoms. The lowest BCUT2D eigenvalue weighted by Crippen LogP contribution is -2.46. The maximum atomic E-state index is 12.5. The first-order valence-corrected chi connectivity index (χ1v) is 8.29. The van der Waals surface area contributed by atoms with Crippen molar-refractivity contribution in [3.05, 3.63) is 0 Å². The van der Waals surface area contributed by atoms with E-state index in [0.717, 1.165) is 25.7 Å². The van der Waals surface area contributed by atoms with Crippen LogP contribution in [0.5, 0.6) is 0 Å². The van der Waals surface area contributed by atoms with E-state index in [2.05, 4.69) is 12.2 Å². The topological polar surface area (TPSA) is 49.4 Å².